The summed E-state index contributed by atoms with van der Waals surface area (Å²) < 4.78 is 1.23. The van der Waals surface area contributed by atoms with E-state index >= 15 is 0 Å². The Bertz CT molecular complexity index is 880. The molecule has 0 saturated heterocycles. The minimum Gasteiger partial charge on any atom is -0.325 e. The van der Waals surface area contributed by atoms with Gasteiger partial charge in [0.05, 0.1) is 20.5 Å². The highest BCUT2D eigenvalue weighted by molar-refractivity contribution is 8.01. The first-order valence-corrected chi connectivity index (χ1v) is 11.3. The molecule has 3 aromatic rings. The Hall–Kier alpha value is -1.85. The summed E-state index contributed by atoms with van der Waals surface area (Å²) >= 11 is 3.56. The predicted molar refractivity (Wildman–Crippen MR) is 117 cm³/mol. The molecule has 5 heteroatoms. The van der Waals surface area contributed by atoms with E-state index in [1.807, 2.05) is 43.0 Å². The molecule has 1 aliphatic carbocycles. The van der Waals surface area contributed by atoms with Crippen LogP contribution >= 0.6 is 23.1 Å². The molecule has 0 bridgehead atoms. The number of hydrogen-bond acceptors (Lipinski definition) is 4. The van der Waals surface area contributed by atoms with Gasteiger partial charge in [-0.3, -0.25) is 4.79 Å². The normalized spacial score (nSPS) is 15.9. The minimum atomic E-state index is -0.00414. The summed E-state index contributed by atoms with van der Waals surface area (Å²) in [5.41, 5.74) is 3.14. The number of benzene rings is 2. The third kappa shape index (κ3) is 4.71. The van der Waals surface area contributed by atoms with Gasteiger partial charge in [0.1, 0.15) is 0 Å². The van der Waals surface area contributed by atoms with Crippen LogP contribution in [0, 0.1) is 0 Å². The van der Waals surface area contributed by atoms with Gasteiger partial charge in [0.25, 0.3) is 0 Å². The van der Waals surface area contributed by atoms with E-state index in [9.17, 15) is 4.79 Å². The molecule has 140 valence electrons. The van der Waals surface area contributed by atoms with Gasteiger partial charge < -0.3 is 5.32 Å². The van der Waals surface area contributed by atoms with Gasteiger partial charge in [0, 0.05) is 17.4 Å². The summed E-state index contributed by atoms with van der Waals surface area (Å²) in [6.07, 6.45) is 5.94. The summed E-state index contributed by atoms with van der Waals surface area (Å²) in [6.45, 7) is 2.01. The quantitative estimate of drug-likeness (QED) is 0.565. The van der Waals surface area contributed by atoms with Gasteiger partial charge in [-0.05, 0) is 49.6 Å². The Morgan fingerprint density at radius 2 is 1.93 bits per heavy atom. The Labute approximate surface area is 168 Å². The van der Waals surface area contributed by atoms with Crippen molar-refractivity contribution in [1.82, 2.24) is 4.98 Å². The third-order valence-electron chi connectivity index (χ3n) is 4.98. The average molecular weight is 397 g/mol. The van der Waals surface area contributed by atoms with Crippen molar-refractivity contribution in [3.8, 4) is 0 Å². The molecular weight excluding hydrogens is 372 g/mol. The van der Waals surface area contributed by atoms with Crippen molar-refractivity contribution in [1.29, 1.82) is 0 Å². The molecule has 1 N–H and O–H groups in total. The van der Waals surface area contributed by atoms with Crippen LogP contribution < -0.4 is 5.32 Å². The second-order valence-corrected chi connectivity index (χ2v) is 9.88. The number of anilines is 1. The summed E-state index contributed by atoms with van der Waals surface area (Å²) in [4.78, 5) is 17.1. The van der Waals surface area contributed by atoms with Crippen molar-refractivity contribution in [3.63, 3.8) is 0 Å². The maximum Gasteiger partial charge on any atom is 0.237 e. The number of amides is 1. The number of rotatable bonds is 6. The van der Waals surface area contributed by atoms with Crippen LogP contribution in [0.2, 0.25) is 0 Å². The first kappa shape index (κ1) is 18.5. The smallest absolute Gasteiger partial charge is 0.237 e. The molecule has 0 aliphatic heterocycles. The molecule has 27 heavy (non-hydrogen) atoms. The fraction of sp³-hybridized carbons (Fsp3) is 0.364. The number of carbonyl (C=O) groups is 1. The number of carbonyl (C=O) groups excluding carboxylic acids is 1. The van der Waals surface area contributed by atoms with Crippen LogP contribution in [0.5, 0.6) is 0 Å². The van der Waals surface area contributed by atoms with Crippen LogP contribution in [0.4, 0.5) is 5.69 Å². The molecule has 0 radical (unpaired) electrons. The van der Waals surface area contributed by atoms with Gasteiger partial charge in [-0.2, -0.15) is 0 Å². The van der Waals surface area contributed by atoms with Crippen LogP contribution in [-0.4, -0.2) is 21.4 Å². The molecule has 0 unspecified atom stereocenters. The molecule has 1 saturated carbocycles. The van der Waals surface area contributed by atoms with Gasteiger partial charge >= 0.3 is 0 Å². The van der Waals surface area contributed by atoms with E-state index in [-0.39, 0.29) is 11.2 Å². The second kappa shape index (κ2) is 8.44. The average Bonchev–Trinajstić information content (AvgIpc) is 3.32. The maximum absolute atomic E-state index is 12.4. The zero-order valence-electron chi connectivity index (χ0n) is 15.5. The van der Waals surface area contributed by atoms with E-state index in [2.05, 4.69) is 29.6 Å². The largest absolute Gasteiger partial charge is 0.325 e. The zero-order valence-corrected chi connectivity index (χ0v) is 17.1. The van der Waals surface area contributed by atoms with Crippen molar-refractivity contribution in [3.05, 3.63) is 59.1 Å². The highest BCUT2D eigenvalue weighted by Gasteiger charge is 2.22. The number of hydrogen-bond donors (Lipinski definition) is 1. The van der Waals surface area contributed by atoms with Crippen molar-refractivity contribution in [2.45, 2.75) is 49.5 Å². The fourth-order valence-electron chi connectivity index (χ4n) is 3.49. The highest BCUT2D eigenvalue weighted by atomic mass is 32.2. The molecule has 1 aliphatic rings. The number of nitrogens with zero attached hydrogens (tertiary/aromatic N) is 1. The molecular formula is C22H24N2OS2. The molecule has 3 nitrogen and oxygen atoms in total. The van der Waals surface area contributed by atoms with Crippen LogP contribution in [0.1, 0.15) is 43.2 Å². The van der Waals surface area contributed by atoms with Crippen molar-refractivity contribution >= 4 is 44.9 Å². The van der Waals surface area contributed by atoms with Gasteiger partial charge in [0.15, 0.2) is 0 Å². The third-order valence-corrected chi connectivity index (χ3v) is 7.50. The van der Waals surface area contributed by atoms with E-state index in [0.29, 0.717) is 5.25 Å². The predicted octanol–water partition coefficient (Wildman–Crippen LogP) is 5.89. The number of para-hydroxylation sites is 1. The van der Waals surface area contributed by atoms with E-state index in [1.165, 1.54) is 35.9 Å². The molecule has 1 amide bonds. The first-order valence-electron chi connectivity index (χ1n) is 9.57. The molecule has 1 heterocycles. The molecule has 1 atom stereocenters. The van der Waals surface area contributed by atoms with Gasteiger partial charge in [0.2, 0.25) is 5.91 Å². The zero-order chi connectivity index (χ0) is 18.6. The lowest BCUT2D eigenvalue weighted by Crippen LogP contribution is -2.24. The number of nitrogens with one attached hydrogen (secondary N) is 1. The Balaban J connectivity index is 1.34. The van der Waals surface area contributed by atoms with E-state index < -0.39 is 0 Å². The highest BCUT2D eigenvalue weighted by Crippen LogP contribution is 2.32. The lowest BCUT2D eigenvalue weighted by atomic mass is 10.1. The summed E-state index contributed by atoms with van der Waals surface area (Å²) in [7, 11) is 0. The number of thiazole rings is 1. The molecule has 0 spiro atoms. The lowest BCUT2D eigenvalue weighted by molar-refractivity contribution is -0.115. The van der Waals surface area contributed by atoms with Crippen LogP contribution in [0.3, 0.4) is 0 Å². The summed E-state index contributed by atoms with van der Waals surface area (Å²) in [6, 6.07) is 16.4. The van der Waals surface area contributed by atoms with Crippen molar-refractivity contribution < 1.29 is 4.79 Å². The van der Waals surface area contributed by atoms with E-state index in [4.69, 9.17) is 4.98 Å². The van der Waals surface area contributed by atoms with Crippen LogP contribution in [0.15, 0.2) is 48.5 Å². The SMILES string of the molecule is C[C@@H](SC1CCCC1)C(=O)Nc1ccc(Cc2nc3ccccc3s2)cc1. The standard InChI is InChI=1S/C22H24N2OS2/c1-15(26-18-6-2-3-7-18)22(25)23-17-12-10-16(11-13-17)14-21-24-19-8-4-5-9-20(19)27-21/h4-5,8-13,15,18H,2-3,6-7,14H2,1H3,(H,23,25)/t15-/m1/s1. The summed E-state index contributed by atoms with van der Waals surface area (Å²) in [5.74, 6) is 0.103. The van der Waals surface area contributed by atoms with E-state index in [1.54, 1.807) is 11.3 Å². The topological polar surface area (TPSA) is 42.0 Å². The molecule has 1 fully saturated rings. The molecule has 4 rings (SSSR count). The van der Waals surface area contributed by atoms with Crippen molar-refractivity contribution in [2.24, 2.45) is 0 Å². The van der Waals surface area contributed by atoms with Gasteiger partial charge in [-0.15, -0.1) is 23.1 Å². The van der Waals surface area contributed by atoms with Gasteiger partial charge in [-0.1, -0.05) is 37.1 Å². The van der Waals surface area contributed by atoms with Gasteiger partial charge in [-0.25, -0.2) is 4.98 Å². The number of fused-ring (bicyclic) bond motifs is 1. The lowest BCUT2D eigenvalue weighted by Gasteiger charge is -2.16. The number of thioether (sulfide) groups is 1. The first-order chi connectivity index (χ1) is 13.2. The minimum absolute atomic E-state index is 0.00414. The second-order valence-electron chi connectivity index (χ2n) is 7.12. The molecule has 2 aromatic carbocycles. The van der Waals surface area contributed by atoms with Crippen LogP contribution in [-0.2, 0) is 11.2 Å². The number of aromatic nitrogens is 1. The molecule has 1 aromatic heterocycles. The maximum atomic E-state index is 12.4. The van der Waals surface area contributed by atoms with Crippen LogP contribution in [0.25, 0.3) is 10.2 Å². The fourth-order valence-corrected chi connectivity index (χ4v) is 5.86. The van der Waals surface area contributed by atoms with Crippen molar-refractivity contribution in [2.75, 3.05) is 5.32 Å². The Morgan fingerprint density at radius 1 is 1.19 bits per heavy atom. The van der Waals surface area contributed by atoms with E-state index in [0.717, 1.165) is 22.6 Å². The Morgan fingerprint density at radius 3 is 2.67 bits per heavy atom. The Kier molecular flexibility index (Phi) is 5.79. The summed E-state index contributed by atoms with van der Waals surface area (Å²) in [5, 5.41) is 4.83. The monoisotopic (exact) mass is 396 g/mol.